The minimum Gasteiger partial charge on any atom is -0.497 e. The van der Waals surface area contributed by atoms with Crippen molar-refractivity contribution in [2.75, 3.05) is 20.4 Å². The van der Waals surface area contributed by atoms with Gasteiger partial charge in [0, 0.05) is 6.54 Å². The molecule has 0 radical (unpaired) electrons. The third-order valence-corrected chi connectivity index (χ3v) is 6.47. The van der Waals surface area contributed by atoms with Gasteiger partial charge in [0.15, 0.2) is 17.3 Å². The lowest BCUT2D eigenvalue weighted by molar-refractivity contribution is -0.151. The molecular formula is C26H28N2O6. The summed E-state index contributed by atoms with van der Waals surface area (Å²) in [6.45, 7) is 0.545. The van der Waals surface area contributed by atoms with Crippen molar-refractivity contribution in [2.45, 2.75) is 44.4 Å². The van der Waals surface area contributed by atoms with Crippen molar-refractivity contribution >= 4 is 17.9 Å². The number of rotatable bonds is 6. The molecule has 8 heteroatoms. The van der Waals surface area contributed by atoms with Crippen LogP contribution in [0, 0.1) is 0 Å². The number of carbonyl (C=O) groups excluding carboxylic acids is 2. The van der Waals surface area contributed by atoms with E-state index in [0.29, 0.717) is 18.0 Å². The van der Waals surface area contributed by atoms with Gasteiger partial charge < -0.3 is 29.2 Å². The van der Waals surface area contributed by atoms with E-state index in [1.807, 2.05) is 42.5 Å². The van der Waals surface area contributed by atoms with E-state index in [4.69, 9.17) is 18.9 Å². The number of ether oxygens (including phenoxy) is 4. The van der Waals surface area contributed by atoms with Crippen molar-refractivity contribution in [3.63, 3.8) is 0 Å². The molecule has 2 atom stereocenters. The fraction of sp³-hybridized carbons (Fsp3) is 0.385. The molecule has 3 aliphatic rings. The van der Waals surface area contributed by atoms with Gasteiger partial charge >= 0.3 is 0 Å². The van der Waals surface area contributed by atoms with E-state index in [1.165, 1.54) is 0 Å². The highest BCUT2D eigenvalue weighted by atomic mass is 16.7. The Morgan fingerprint density at radius 3 is 2.74 bits per heavy atom. The number of amides is 2. The van der Waals surface area contributed by atoms with Crippen LogP contribution in [0.5, 0.6) is 17.2 Å². The second kappa shape index (κ2) is 9.67. The molecule has 34 heavy (non-hydrogen) atoms. The van der Waals surface area contributed by atoms with E-state index in [2.05, 4.69) is 5.32 Å². The molecule has 2 fully saturated rings. The molecule has 2 aliphatic heterocycles. The topological polar surface area (TPSA) is 86.3 Å². The minimum atomic E-state index is -0.253. The van der Waals surface area contributed by atoms with Crippen LogP contribution in [0.3, 0.4) is 0 Å². The van der Waals surface area contributed by atoms with Crippen LogP contribution in [0.2, 0.25) is 0 Å². The fourth-order valence-electron chi connectivity index (χ4n) is 4.68. The number of hydrogen-bond acceptors (Lipinski definition) is 6. The Kier molecular flexibility index (Phi) is 6.29. The number of morpholine rings is 1. The minimum absolute atomic E-state index is 0.00609. The van der Waals surface area contributed by atoms with E-state index in [1.54, 1.807) is 18.1 Å². The summed E-state index contributed by atoms with van der Waals surface area (Å²) in [7, 11) is 1.61. The Labute approximate surface area is 198 Å². The zero-order valence-electron chi connectivity index (χ0n) is 19.1. The number of carbonyl (C=O) groups is 2. The quantitative estimate of drug-likeness (QED) is 0.661. The first kappa shape index (κ1) is 22.1. The largest absolute Gasteiger partial charge is 0.497 e. The van der Waals surface area contributed by atoms with Gasteiger partial charge in [0.25, 0.3) is 5.91 Å². The predicted octanol–water partition coefficient (Wildman–Crippen LogP) is 3.25. The van der Waals surface area contributed by atoms with Crippen molar-refractivity contribution < 1.29 is 28.5 Å². The molecule has 0 aromatic heterocycles. The van der Waals surface area contributed by atoms with Gasteiger partial charge in [-0.1, -0.05) is 24.6 Å². The Balaban J connectivity index is 1.28. The summed E-state index contributed by atoms with van der Waals surface area (Å²) in [4.78, 5) is 27.9. The van der Waals surface area contributed by atoms with E-state index in [-0.39, 0.29) is 43.1 Å². The van der Waals surface area contributed by atoms with Crippen LogP contribution in [-0.2, 0) is 20.9 Å². The van der Waals surface area contributed by atoms with Crippen LogP contribution < -0.4 is 19.5 Å². The van der Waals surface area contributed by atoms with Crippen molar-refractivity contribution in [3.05, 3.63) is 59.4 Å². The Bertz CT molecular complexity index is 1100. The molecule has 1 aliphatic carbocycles. The fourth-order valence-corrected chi connectivity index (χ4v) is 4.68. The molecule has 2 unspecified atom stereocenters. The second-order valence-electron chi connectivity index (χ2n) is 8.69. The number of benzene rings is 2. The summed E-state index contributed by atoms with van der Waals surface area (Å²) in [6.07, 6.45) is 5.41. The van der Waals surface area contributed by atoms with Gasteiger partial charge in [0.2, 0.25) is 12.7 Å². The molecule has 1 N–H and O–H groups in total. The number of nitrogens with one attached hydrogen (secondary N) is 1. The summed E-state index contributed by atoms with van der Waals surface area (Å²) < 4.78 is 22.1. The van der Waals surface area contributed by atoms with Gasteiger partial charge in [0.1, 0.15) is 18.4 Å². The number of nitrogens with zero attached hydrogens (tertiary/aromatic N) is 1. The molecule has 1 saturated carbocycles. The summed E-state index contributed by atoms with van der Waals surface area (Å²) in [5.41, 5.74) is 1.74. The lowest BCUT2D eigenvalue weighted by atomic mass is 9.89. The highest BCUT2D eigenvalue weighted by molar-refractivity contribution is 5.98. The van der Waals surface area contributed by atoms with E-state index < -0.39 is 0 Å². The molecule has 5 rings (SSSR count). The molecule has 2 heterocycles. The maximum Gasteiger partial charge on any atom is 0.289 e. The van der Waals surface area contributed by atoms with Crippen LogP contribution in [-0.4, -0.2) is 49.3 Å². The molecule has 8 nitrogen and oxygen atoms in total. The molecular weight excluding hydrogens is 436 g/mol. The standard InChI is InChI=1S/C26H28N2O6/c1-31-19-9-6-17(7-10-19)12-24-26(30)28(20-4-2-3-5-21(20)34-24)15-25(29)27-14-18-8-11-22-23(13-18)33-16-32-22/h6-13,20-21H,2-5,14-16H2,1H3,(H,27,29)/b24-12+. The van der Waals surface area contributed by atoms with Crippen molar-refractivity contribution in [2.24, 2.45) is 0 Å². The van der Waals surface area contributed by atoms with Crippen LogP contribution in [0.25, 0.3) is 6.08 Å². The molecule has 2 amide bonds. The SMILES string of the molecule is COc1ccc(/C=C2/OC3CCCCC3N(CC(=O)NCc3ccc4c(c3)OCO4)C2=O)cc1. The average Bonchev–Trinajstić information content (AvgIpc) is 3.34. The van der Waals surface area contributed by atoms with Crippen LogP contribution >= 0.6 is 0 Å². The van der Waals surface area contributed by atoms with Gasteiger partial charge in [-0.2, -0.15) is 0 Å². The van der Waals surface area contributed by atoms with E-state index in [0.717, 1.165) is 42.6 Å². The van der Waals surface area contributed by atoms with Gasteiger partial charge in [-0.25, -0.2) is 0 Å². The van der Waals surface area contributed by atoms with Crippen molar-refractivity contribution in [3.8, 4) is 17.2 Å². The Morgan fingerprint density at radius 2 is 1.91 bits per heavy atom. The highest BCUT2D eigenvalue weighted by Crippen LogP contribution is 2.34. The maximum atomic E-state index is 13.3. The molecule has 178 valence electrons. The van der Waals surface area contributed by atoms with Crippen molar-refractivity contribution in [1.82, 2.24) is 10.2 Å². The molecule has 2 aromatic rings. The number of fused-ring (bicyclic) bond motifs is 2. The van der Waals surface area contributed by atoms with Crippen LogP contribution in [0.15, 0.2) is 48.2 Å². The van der Waals surface area contributed by atoms with Gasteiger partial charge in [-0.15, -0.1) is 0 Å². The lowest BCUT2D eigenvalue weighted by Crippen LogP contribution is -2.57. The zero-order valence-corrected chi connectivity index (χ0v) is 19.1. The summed E-state index contributed by atoms with van der Waals surface area (Å²) >= 11 is 0. The average molecular weight is 465 g/mol. The number of methoxy groups -OCH3 is 1. The summed E-state index contributed by atoms with van der Waals surface area (Å²) in [5.74, 6) is 1.93. The van der Waals surface area contributed by atoms with Crippen LogP contribution in [0.1, 0.15) is 36.8 Å². The normalized spacial score (nSPS) is 22.2. The lowest BCUT2D eigenvalue weighted by Gasteiger charge is -2.44. The highest BCUT2D eigenvalue weighted by Gasteiger charge is 2.42. The first-order valence-corrected chi connectivity index (χ1v) is 11.6. The van der Waals surface area contributed by atoms with Crippen molar-refractivity contribution in [1.29, 1.82) is 0 Å². The first-order valence-electron chi connectivity index (χ1n) is 11.6. The molecule has 0 spiro atoms. The monoisotopic (exact) mass is 464 g/mol. The second-order valence-corrected chi connectivity index (χ2v) is 8.69. The summed E-state index contributed by atoms with van der Waals surface area (Å²) in [6, 6.07) is 12.9. The van der Waals surface area contributed by atoms with E-state index in [9.17, 15) is 9.59 Å². The smallest absolute Gasteiger partial charge is 0.289 e. The number of hydrogen-bond donors (Lipinski definition) is 1. The van der Waals surface area contributed by atoms with Gasteiger partial charge in [-0.3, -0.25) is 9.59 Å². The summed E-state index contributed by atoms with van der Waals surface area (Å²) in [5, 5.41) is 2.93. The molecule has 0 bridgehead atoms. The zero-order chi connectivity index (χ0) is 23.5. The van der Waals surface area contributed by atoms with Crippen LogP contribution in [0.4, 0.5) is 0 Å². The predicted molar refractivity (Wildman–Crippen MR) is 124 cm³/mol. The molecule has 2 aromatic carbocycles. The van der Waals surface area contributed by atoms with Gasteiger partial charge in [-0.05, 0) is 60.7 Å². The Hall–Kier alpha value is -3.68. The third kappa shape index (κ3) is 4.66. The third-order valence-electron chi connectivity index (χ3n) is 6.47. The maximum absolute atomic E-state index is 13.3. The van der Waals surface area contributed by atoms with E-state index >= 15 is 0 Å². The molecule has 1 saturated heterocycles. The first-order chi connectivity index (χ1) is 16.6. The van der Waals surface area contributed by atoms with Gasteiger partial charge in [0.05, 0.1) is 13.2 Å². The Morgan fingerprint density at radius 1 is 1.12 bits per heavy atom.